The zero-order chi connectivity index (χ0) is 16.6. The molecule has 0 spiro atoms. The molecule has 0 amide bonds. The Morgan fingerprint density at radius 3 is 2.57 bits per heavy atom. The number of nitrogens with two attached hydrogens (primary N) is 1. The topological polar surface area (TPSA) is 98.4 Å². The zero-order valence-corrected chi connectivity index (χ0v) is 13.7. The van der Waals surface area contributed by atoms with Crippen LogP contribution in [-0.2, 0) is 23.1 Å². The number of rotatable bonds is 4. The molecular weight excluding hydrogens is 316 g/mol. The zero-order valence-electron chi connectivity index (χ0n) is 12.9. The second-order valence-electron chi connectivity index (χ2n) is 5.61. The molecule has 2 heterocycles. The Morgan fingerprint density at radius 1 is 1.22 bits per heavy atom. The van der Waals surface area contributed by atoms with Crippen LogP contribution in [0.5, 0.6) is 5.75 Å². The van der Waals surface area contributed by atoms with E-state index in [0.717, 1.165) is 5.56 Å². The van der Waals surface area contributed by atoms with Crippen LogP contribution in [0.4, 0.5) is 5.95 Å². The molecule has 3 rings (SSSR count). The molecule has 0 atom stereocenters. The minimum atomic E-state index is -3.60. The maximum absolute atomic E-state index is 12.7. The molecule has 8 heteroatoms. The summed E-state index contributed by atoms with van der Waals surface area (Å²) in [5.41, 5.74) is 6.98. The van der Waals surface area contributed by atoms with E-state index < -0.39 is 10.0 Å². The largest absolute Gasteiger partial charge is 0.491 e. The molecule has 1 aliphatic rings. The second-order valence-corrected chi connectivity index (χ2v) is 7.55. The van der Waals surface area contributed by atoms with Crippen LogP contribution in [0, 0.1) is 0 Å². The van der Waals surface area contributed by atoms with E-state index in [-0.39, 0.29) is 30.0 Å². The Hall–Kier alpha value is -2.19. The van der Waals surface area contributed by atoms with Crippen molar-refractivity contribution < 1.29 is 13.2 Å². The van der Waals surface area contributed by atoms with Crippen LogP contribution in [0.1, 0.15) is 25.1 Å². The van der Waals surface area contributed by atoms with Gasteiger partial charge in [0.2, 0.25) is 16.0 Å². The lowest BCUT2D eigenvalue weighted by atomic mass is 10.3. The van der Waals surface area contributed by atoms with E-state index in [1.807, 2.05) is 13.8 Å². The maximum atomic E-state index is 12.7. The second kappa shape index (κ2) is 5.78. The SMILES string of the molecule is CC(C)Oc1ccc(S(=O)(=O)N2Cc3cnc(N)nc3C2)cc1. The average molecular weight is 334 g/mol. The van der Waals surface area contributed by atoms with Crippen molar-refractivity contribution >= 4 is 16.0 Å². The van der Waals surface area contributed by atoms with Gasteiger partial charge in [-0.05, 0) is 38.1 Å². The van der Waals surface area contributed by atoms with E-state index in [9.17, 15) is 8.42 Å². The summed E-state index contributed by atoms with van der Waals surface area (Å²) in [7, 11) is -3.60. The summed E-state index contributed by atoms with van der Waals surface area (Å²) >= 11 is 0. The molecule has 0 aliphatic carbocycles. The van der Waals surface area contributed by atoms with Gasteiger partial charge in [-0.15, -0.1) is 0 Å². The summed E-state index contributed by atoms with van der Waals surface area (Å²) in [6.07, 6.45) is 1.61. The van der Waals surface area contributed by atoms with Crippen LogP contribution in [0.3, 0.4) is 0 Å². The summed E-state index contributed by atoms with van der Waals surface area (Å²) in [6.45, 7) is 4.29. The predicted octanol–water partition coefficient (Wildman–Crippen LogP) is 1.55. The van der Waals surface area contributed by atoms with Crippen molar-refractivity contribution in [2.45, 2.75) is 37.9 Å². The van der Waals surface area contributed by atoms with Crippen LogP contribution in [-0.4, -0.2) is 28.8 Å². The standard InChI is InChI=1S/C15H18N4O3S/c1-10(2)22-12-3-5-13(6-4-12)23(20,21)19-8-11-7-17-15(16)18-14(11)9-19/h3-7,10H,8-9H2,1-2H3,(H2,16,17,18). The van der Waals surface area contributed by atoms with Crippen molar-refractivity contribution in [3.8, 4) is 5.75 Å². The van der Waals surface area contributed by atoms with Gasteiger partial charge in [-0.1, -0.05) is 0 Å². The van der Waals surface area contributed by atoms with Crippen LogP contribution in [0.2, 0.25) is 0 Å². The summed E-state index contributed by atoms with van der Waals surface area (Å²) in [5.74, 6) is 0.792. The minimum Gasteiger partial charge on any atom is -0.491 e. The molecule has 1 aromatic heterocycles. The van der Waals surface area contributed by atoms with Crippen molar-refractivity contribution in [3.05, 3.63) is 41.7 Å². The Bertz CT molecular complexity index is 819. The third-order valence-corrected chi connectivity index (χ3v) is 5.28. The van der Waals surface area contributed by atoms with Crippen LogP contribution < -0.4 is 10.5 Å². The predicted molar refractivity (Wildman–Crippen MR) is 85.1 cm³/mol. The molecule has 122 valence electrons. The highest BCUT2D eigenvalue weighted by molar-refractivity contribution is 7.89. The molecule has 1 aliphatic heterocycles. The van der Waals surface area contributed by atoms with Crippen LogP contribution in [0.25, 0.3) is 0 Å². The Balaban J connectivity index is 1.83. The van der Waals surface area contributed by atoms with E-state index in [0.29, 0.717) is 11.4 Å². The molecule has 0 saturated heterocycles. The van der Waals surface area contributed by atoms with Crippen molar-refractivity contribution in [1.82, 2.24) is 14.3 Å². The quantitative estimate of drug-likeness (QED) is 0.911. The van der Waals surface area contributed by atoms with Crippen molar-refractivity contribution in [2.75, 3.05) is 5.73 Å². The third-order valence-electron chi connectivity index (χ3n) is 3.48. The Kier molecular flexibility index (Phi) is 3.95. The number of nitrogen functional groups attached to an aromatic ring is 1. The molecule has 0 fully saturated rings. The van der Waals surface area contributed by atoms with Crippen LogP contribution >= 0.6 is 0 Å². The fraction of sp³-hybridized carbons (Fsp3) is 0.333. The monoisotopic (exact) mass is 334 g/mol. The lowest BCUT2D eigenvalue weighted by Crippen LogP contribution is -2.25. The first kappa shape index (κ1) is 15.7. The van der Waals surface area contributed by atoms with Gasteiger partial charge in [-0.25, -0.2) is 18.4 Å². The number of hydrogen-bond acceptors (Lipinski definition) is 6. The van der Waals surface area contributed by atoms with Gasteiger partial charge in [0, 0.05) is 18.3 Å². The number of benzene rings is 1. The molecule has 0 unspecified atom stereocenters. The molecule has 23 heavy (non-hydrogen) atoms. The maximum Gasteiger partial charge on any atom is 0.243 e. The number of hydrogen-bond donors (Lipinski definition) is 1. The fourth-order valence-corrected chi connectivity index (χ4v) is 3.80. The first-order chi connectivity index (χ1) is 10.9. The molecule has 7 nitrogen and oxygen atoms in total. The Morgan fingerprint density at radius 2 is 1.91 bits per heavy atom. The van der Waals surface area contributed by atoms with Gasteiger partial charge in [0.15, 0.2) is 0 Å². The van der Waals surface area contributed by atoms with E-state index in [2.05, 4.69) is 9.97 Å². The number of fused-ring (bicyclic) bond motifs is 1. The van der Waals surface area contributed by atoms with Gasteiger partial charge in [-0.3, -0.25) is 0 Å². The van der Waals surface area contributed by atoms with Crippen molar-refractivity contribution in [3.63, 3.8) is 0 Å². The third kappa shape index (κ3) is 3.13. The van der Waals surface area contributed by atoms with Crippen LogP contribution in [0.15, 0.2) is 35.4 Å². The van der Waals surface area contributed by atoms with Gasteiger partial charge >= 0.3 is 0 Å². The molecule has 2 N–H and O–H groups in total. The van der Waals surface area contributed by atoms with E-state index in [1.54, 1.807) is 30.5 Å². The van der Waals surface area contributed by atoms with Crippen molar-refractivity contribution in [1.29, 1.82) is 0 Å². The summed E-state index contributed by atoms with van der Waals surface area (Å²) < 4.78 is 32.3. The Labute approximate surface area is 135 Å². The molecule has 1 aromatic carbocycles. The molecule has 2 aromatic rings. The first-order valence-electron chi connectivity index (χ1n) is 7.23. The lowest BCUT2D eigenvalue weighted by Gasteiger charge is -2.16. The highest BCUT2D eigenvalue weighted by Crippen LogP contribution is 2.28. The fourth-order valence-electron chi connectivity index (χ4n) is 2.42. The average Bonchev–Trinajstić information content (AvgIpc) is 2.91. The van der Waals surface area contributed by atoms with Crippen molar-refractivity contribution in [2.24, 2.45) is 0 Å². The van der Waals surface area contributed by atoms with E-state index in [1.165, 1.54) is 4.31 Å². The molecule has 0 bridgehead atoms. The van der Waals surface area contributed by atoms with Gasteiger partial charge < -0.3 is 10.5 Å². The number of anilines is 1. The smallest absolute Gasteiger partial charge is 0.243 e. The van der Waals surface area contributed by atoms with Gasteiger partial charge in [0.25, 0.3) is 0 Å². The van der Waals surface area contributed by atoms with Gasteiger partial charge in [-0.2, -0.15) is 4.31 Å². The first-order valence-corrected chi connectivity index (χ1v) is 8.67. The number of sulfonamides is 1. The summed E-state index contributed by atoms with van der Waals surface area (Å²) in [5, 5.41) is 0. The lowest BCUT2D eigenvalue weighted by molar-refractivity contribution is 0.242. The summed E-state index contributed by atoms with van der Waals surface area (Å²) in [4.78, 5) is 8.23. The van der Waals surface area contributed by atoms with Gasteiger partial charge in [0.1, 0.15) is 5.75 Å². The number of nitrogens with zero attached hydrogens (tertiary/aromatic N) is 3. The normalized spacial score (nSPS) is 14.9. The number of ether oxygens (including phenoxy) is 1. The minimum absolute atomic E-state index is 0.0366. The summed E-state index contributed by atoms with van der Waals surface area (Å²) in [6, 6.07) is 6.42. The van der Waals surface area contributed by atoms with E-state index in [4.69, 9.17) is 10.5 Å². The van der Waals surface area contributed by atoms with Gasteiger partial charge in [0.05, 0.1) is 23.2 Å². The van der Waals surface area contributed by atoms with E-state index >= 15 is 0 Å². The number of aromatic nitrogens is 2. The molecular formula is C15H18N4O3S. The molecule has 0 saturated carbocycles. The highest BCUT2D eigenvalue weighted by Gasteiger charge is 2.31. The highest BCUT2D eigenvalue weighted by atomic mass is 32.2. The molecule has 0 radical (unpaired) electrons.